The van der Waals surface area contributed by atoms with Gasteiger partial charge in [-0.3, -0.25) is 32.4 Å². The fraction of sp³-hybridized carbons (Fsp3) is 0.567. The highest BCUT2D eigenvalue weighted by Crippen LogP contribution is 2.23. The van der Waals surface area contributed by atoms with E-state index in [4.69, 9.17) is 10.5 Å². The molecule has 0 saturated carbocycles. The van der Waals surface area contributed by atoms with Gasteiger partial charge < -0.3 is 31.7 Å². The molecule has 0 aliphatic carbocycles. The summed E-state index contributed by atoms with van der Waals surface area (Å²) in [6.45, 7) is 4.10. The van der Waals surface area contributed by atoms with E-state index in [9.17, 15) is 33.6 Å². The third kappa shape index (κ3) is 14.0. The first-order valence-electron chi connectivity index (χ1n) is 15.3. The average Bonchev–Trinajstić information content (AvgIpc) is 3.31. The zero-order chi connectivity index (χ0) is 34.9. The molecule has 1 unspecified atom stereocenters. The Labute approximate surface area is 292 Å². The van der Waals surface area contributed by atoms with Gasteiger partial charge in [0.2, 0.25) is 29.5 Å². The third-order valence-electron chi connectivity index (χ3n) is 7.31. The summed E-state index contributed by atoms with van der Waals surface area (Å²) < 4.78 is 7.32. The smallest absolute Gasteiger partial charge is 0.416 e. The van der Waals surface area contributed by atoms with Crippen molar-refractivity contribution in [2.75, 3.05) is 24.7 Å². The Balaban J connectivity index is 1.93. The van der Waals surface area contributed by atoms with Crippen LogP contribution >= 0.6 is 34.6 Å². The lowest BCUT2D eigenvalue weighted by atomic mass is 10.0. The van der Waals surface area contributed by atoms with Crippen molar-refractivity contribution in [2.24, 2.45) is 11.7 Å². The third-order valence-corrected chi connectivity index (χ3v) is 8.69. The number of carbonyl (C=O) groups excluding carboxylic acids is 7. The van der Waals surface area contributed by atoms with Gasteiger partial charge in [0.1, 0.15) is 18.7 Å². The zero-order valence-electron chi connectivity index (χ0n) is 26.8. The van der Waals surface area contributed by atoms with Crippen LogP contribution in [0.3, 0.4) is 0 Å². The fourth-order valence-corrected chi connectivity index (χ4v) is 5.52. The van der Waals surface area contributed by atoms with Crippen molar-refractivity contribution in [3.8, 4) is 0 Å². The number of nitrogens with two attached hydrogens (primary N) is 1. The van der Waals surface area contributed by atoms with Crippen molar-refractivity contribution in [3.63, 3.8) is 0 Å². The van der Waals surface area contributed by atoms with E-state index in [1.54, 1.807) is 67.2 Å². The maximum Gasteiger partial charge on any atom is 0.416 e. The number of imide groups is 1. The van der Waals surface area contributed by atoms with E-state index < -0.39 is 36.0 Å². The summed E-state index contributed by atoms with van der Waals surface area (Å²) in [5.74, 6) is -1.99. The number of urea groups is 1. The topological polar surface area (TPSA) is 218 Å². The highest BCUT2D eigenvalue weighted by atomic mass is 127. The molecule has 1 heterocycles. The molecule has 7 N–H and O–H groups in total. The molecular formula is C30H44IN7O8S. The first-order valence-corrected chi connectivity index (χ1v) is 17.7. The second kappa shape index (κ2) is 20.6. The fourth-order valence-electron chi connectivity index (χ4n) is 4.72. The lowest BCUT2D eigenvalue weighted by Gasteiger charge is -2.25. The summed E-state index contributed by atoms with van der Waals surface area (Å²) in [7, 11) is 0. The van der Waals surface area contributed by atoms with Crippen molar-refractivity contribution >= 4 is 82.0 Å². The Morgan fingerprint density at radius 1 is 1.02 bits per heavy atom. The van der Waals surface area contributed by atoms with Crippen LogP contribution in [0.4, 0.5) is 15.3 Å². The number of rotatable bonds is 19. The quantitative estimate of drug-likeness (QED) is 0.0524. The molecule has 3 atom stereocenters. The SMILES string of the molecule is CSC1CC(=O)N(CCCCCC(=O)N[C@H](C(=O)N[C@@H](CCCNC(N)=O)C(=O)Nc2ccc(COC(=O)NI)cc2)C(C)C)C1=O. The Hall–Kier alpha value is -3.61. The van der Waals surface area contributed by atoms with Crippen LogP contribution in [0.25, 0.3) is 0 Å². The van der Waals surface area contributed by atoms with E-state index in [0.29, 0.717) is 43.5 Å². The molecule has 2 rings (SSSR count). The molecule has 15 nitrogen and oxygen atoms in total. The second-order valence-corrected chi connectivity index (χ2v) is 12.8. The van der Waals surface area contributed by atoms with Crippen LogP contribution in [0.15, 0.2) is 24.3 Å². The van der Waals surface area contributed by atoms with E-state index >= 15 is 0 Å². The van der Waals surface area contributed by atoms with E-state index in [-0.39, 0.29) is 61.3 Å². The van der Waals surface area contributed by atoms with Gasteiger partial charge in [0.05, 0.1) is 28.1 Å². The average molecular weight is 790 g/mol. The number of thioether (sulfide) groups is 1. The number of hydrogen-bond donors (Lipinski definition) is 6. The standard InChI is InChI=1S/C30H44IN7O8S/c1-18(2)25(36-23(39)9-5-4-6-15-38-24(40)16-22(47-3)28(38)43)27(42)35-21(8-7-14-33-29(32)44)26(41)34-20-12-10-19(11-13-20)17-46-30(45)37-31/h10-13,18,21-22,25H,4-9,14-17H2,1-3H3,(H,34,41)(H,35,42)(H,36,39)(H,37,45)(H3,32,33,44)/t21-,22?,25-/m0/s1. The number of nitrogens with one attached hydrogen (secondary N) is 5. The van der Waals surface area contributed by atoms with E-state index in [2.05, 4.69) is 24.8 Å². The summed E-state index contributed by atoms with van der Waals surface area (Å²) in [6, 6.07) is 4.00. The highest BCUT2D eigenvalue weighted by molar-refractivity contribution is 14.1. The van der Waals surface area contributed by atoms with Crippen LogP contribution in [-0.2, 0) is 35.3 Å². The maximum atomic E-state index is 13.3. The number of amides is 8. The summed E-state index contributed by atoms with van der Waals surface area (Å²) in [5.41, 5.74) is 6.27. The van der Waals surface area contributed by atoms with Gasteiger partial charge >= 0.3 is 12.1 Å². The number of ether oxygens (including phenoxy) is 1. The number of halogens is 1. The lowest BCUT2D eigenvalue weighted by molar-refractivity contribution is -0.138. The molecule has 1 aromatic rings. The van der Waals surface area contributed by atoms with Gasteiger partial charge in [-0.05, 0) is 55.6 Å². The van der Waals surface area contributed by atoms with Gasteiger partial charge in [-0.2, -0.15) is 11.8 Å². The summed E-state index contributed by atoms with van der Waals surface area (Å²) in [5, 5.41) is 10.4. The molecule has 1 aromatic carbocycles. The molecular weight excluding hydrogens is 745 g/mol. The molecule has 17 heteroatoms. The molecule has 0 bridgehead atoms. The minimum absolute atomic E-state index is 0.0380. The molecule has 8 amide bonds. The zero-order valence-corrected chi connectivity index (χ0v) is 29.7. The van der Waals surface area contributed by atoms with Crippen LogP contribution in [0.1, 0.15) is 64.4 Å². The maximum absolute atomic E-state index is 13.3. The second-order valence-electron chi connectivity index (χ2n) is 11.3. The summed E-state index contributed by atoms with van der Waals surface area (Å²) in [4.78, 5) is 87.3. The van der Waals surface area contributed by atoms with Gasteiger partial charge in [0, 0.05) is 31.6 Å². The minimum Gasteiger partial charge on any atom is -0.444 e. The van der Waals surface area contributed by atoms with Crippen LogP contribution < -0.4 is 30.5 Å². The molecule has 1 aliphatic heterocycles. The number of nitrogens with zero attached hydrogens (tertiary/aromatic N) is 1. The van der Waals surface area contributed by atoms with E-state index in [1.807, 2.05) is 0 Å². The van der Waals surface area contributed by atoms with Gasteiger partial charge in [-0.25, -0.2) is 9.59 Å². The monoisotopic (exact) mass is 789 g/mol. The van der Waals surface area contributed by atoms with Crippen LogP contribution in [0, 0.1) is 5.92 Å². The van der Waals surface area contributed by atoms with Gasteiger partial charge in [0.25, 0.3) is 0 Å². The number of anilines is 1. The molecule has 260 valence electrons. The Bertz CT molecular complexity index is 1270. The van der Waals surface area contributed by atoms with Crippen molar-refractivity contribution in [2.45, 2.75) is 82.7 Å². The van der Waals surface area contributed by atoms with Crippen molar-refractivity contribution in [3.05, 3.63) is 29.8 Å². The van der Waals surface area contributed by atoms with Gasteiger partial charge in [-0.1, -0.05) is 32.4 Å². The molecule has 0 radical (unpaired) electrons. The van der Waals surface area contributed by atoms with Crippen LogP contribution in [-0.4, -0.2) is 83.2 Å². The molecule has 1 fully saturated rings. The Kier molecular flexibility index (Phi) is 17.3. The van der Waals surface area contributed by atoms with E-state index in [1.165, 1.54) is 16.7 Å². The Morgan fingerprint density at radius 3 is 2.32 bits per heavy atom. The summed E-state index contributed by atoms with van der Waals surface area (Å²) in [6.07, 6.45) is 3.81. The molecule has 1 aliphatic rings. The number of primary amides is 1. The minimum atomic E-state index is -0.993. The Morgan fingerprint density at radius 2 is 1.72 bits per heavy atom. The number of likely N-dealkylation sites (tertiary alicyclic amines) is 1. The van der Waals surface area contributed by atoms with Gasteiger partial charge in [-0.15, -0.1) is 0 Å². The lowest BCUT2D eigenvalue weighted by Crippen LogP contribution is -2.54. The number of benzene rings is 1. The normalized spacial score (nSPS) is 15.5. The number of carbonyl (C=O) groups is 7. The summed E-state index contributed by atoms with van der Waals surface area (Å²) >= 11 is 3.03. The predicted octanol–water partition coefficient (Wildman–Crippen LogP) is 2.33. The number of hydrogen-bond acceptors (Lipinski definition) is 9. The van der Waals surface area contributed by atoms with Crippen LogP contribution in [0.5, 0.6) is 0 Å². The molecule has 1 saturated heterocycles. The van der Waals surface area contributed by atoms with Gasteiger partial charge in [0.15, 0.2) is 0 Å². The molecule has 0 aromatic heterocycles. The number of unbranched alkanes of at least 4 members (excludes halogenated alkanes) is 2. The van der Waals surface area contributed by atoms with Crippen LogP contribution in [0.2, 0.25) is 0 Å². The highest BCUT2D eigenvalue weighted by Gasteiger charge is 2.37. The predicted molar refractivity (Wildman–Crippen MR) is 185 cm³/mol. The first kappa shape index (κ1) is 39.6. The molecule has 0 spiro atoms. The van der Waals surface area contributed by atoms with Crippen molar-refractivity contribution < 1.29 is 38.3 Å². The van der Waals surface area contributed by atoms with Crippen molar-refractivity contribution in [1.82, 2.24) is 24.4 Å². The largest absolute Gasteiger partial charge is 0.444 e. The van der Waals surface area contributed by atoms with E-state index in [0.717, 1.165) is 0 Å². The van der Waals surface area contributed by atoms with Crippen molar-refractivity contribution in [1.29, 1.82) is 0 Å². The molecule has 47 heavy (non-hydrogen) atoms. The first-order chi connectivity index (χ1) is 22.4.